The first-order valence-corrected chi connectivity index (χ1v) is 5.27. The minimum Gasteiger partial charge on any atom is -0.323 e. The molecule has 0 spiro atoms. The van der Waals surface area contributed by atoms with Gasteiger partial charge < -0.3 is 4.98 Å². The van der Waals surface area contributed by atoms with Gasteiger partial charge in [0.2, 0.25) is 5.78 Å². The van der Waals surface area contributed by atoms with E-state index in [0.717, 1.165) is 22.3 Å². The van der Waals surface area contributed by atoms with Crippen molar-refractivity contribution in [3.63, 3.8) is 0 Å². The average molecular weight is 209 g/mol. The summed E-state index contributed by atoms with van der Waals surface area (Å²) in [7, 11) is 0. The lowest BCUT2D eigenvalue weighted by atomic mass is 10.3. The fourth-order valence-electron chi connectivity index (χ4n) is 2.25. The molecule has 3 nitrogen and oxygen atoms in total. The Hall–Kier alpha value is -2.29. The van der Waals surface area contributed by atoms with E-state index in [1.165, 1.54) is 5.52 Å². The molecule has 0 amide bonds. The van der Waals surface area contributed by atoms with Crippen molar-refractivity contribution >= 4 is 27.8 Å². The molecule has 0 aliphatic carbocycles. The van der Waals surface area contributed by atoms with Gasteiger partial charge in [-0.15, -0.1) is 0 Å². The molecule has 4 aromatic rings. The van der Waals surface area contributed by atoms with Gasteiger partial charge in [-0.25, -0.2) is 4.98 Å². The Labute approximate surface area is 92.8 Å². The lowest BCUT2D eigenvalue weighted by molar-refractivity contribution is 1.28. The quantitative estimate of drug-likeness (QED) is 0.474. The highest BCUT2D eigenvalue weighted by molar-refractivity contribution is 5.89. The number of hydrogen-bond acceptors (Lipinski definition) is 1. The first-order chi connectivity index (χ1) is 7.93. The van der Waals surface area contributed by atoms with E-state index in [0.29, 0.717) is 0 Å². The van der Waals surface area contributed by atoms with Gasteiger partial charge in [-0.3, -0.25) is 4.40 Å². The summed E-state index contributed by atoms with van der Waals surface area (Å²) in [4.78, 5) is 7.88. The minimum absolute atomic E-state index is 0. The van der Waals surface area contributed by atoms with E-state index in [1.807, 2.05) is 30.3 Å². The van der Waals surface area contributed by atoms with Crippen molar-refractivity contribution in [3.8, 4) is 0 Å². The maximum atomic E-state index is 4.56. The molecular weight excluding hydrogens is 198 g/mol. The number of para-hydroxylation sites is 4. The van der Waals surface area contributed by atoms with E-state index in [1.54, 1.807) is 0 Å². The normalized spacial score (nSPS) is 11.8. The second-order valence-electron chi connectivity index (χ2n) is 3.90. The van der Waals surface area contributed by atoms with Crippen LogP contribution in [-0.4, -0.2) is 14.4 Å². The Bertz CT molecular complexity index is 748. The lowest BCUT2D eigenvalue weighted by Gasteiger charge is -1.92. The lowest BCUT2D eigenvalue weighted by Crippen LogP contribution is -1.78. The second-order valence-corrected chi connectivity index (χ2v) is 3.90. The highest BCUT2D eigenvalue weighted by Gasteiger charge is 2.08. The Morgan fingerprint density at radius 3 is 2.62 bits per heavy atom. The fraction of sp³-hybridized carbons (Fsp3) is 0. The third kappa shape index (κ3) is 0.852. The monoisotopic (exact) mass is 209 g/mol. The molecule has 0 saturated heterocycles. The van der Waals surface area contributed by atoms with E-state index in [2.05, 4.69) is 32.6 Å². The number of hydrogen-bond donors (Lipinski definition) is 1. The minimum atomic E-state index is 0. The van der Waals surface area contributed by atoms with Crippen molar-refractivity contribution < 1.29 is 1.43 Å². The summed E-state index contributed by atoms with van der Waals surface area (Å²) in [5, 5.41) is 0. The van der Waals surface area contributed by atoms with Gasteiger partial charge in [0, 0.05) is 1.43 Å². The third-order valence-corrected chi connectivity index (χ3v) is 2.95. The molecule has 0 unspecified atom stereocenters. The first kappa shape index (κ1) is 7.93. The summed E-state index contributed by atoms with van der Waals surface area (Å²) in [5.74, 6) is 0.905. The molecule has 0 aliphatic heterocycles. The molecule has 0 saturated carbocycles. The molecule has 0 radical (unpaired) electrons. The van der Waals surface area contributed by atoms with E-state index in [9.17, 15) is 0 Å². The number of fused-ring (bicyclic) bond motifs is 5. The highest BCUT2D eigenvalue weighted by atomic mass is 15.1. The third-order valence-electron chi connectivity index (χ3n) is 2.95. The molecule has 0 atom stereocenters. The predicted octanol–water partition coefficient (Wildman–Crippen LogP) is 3.21. The van der Waals surface area contributed by atoms with Crippen LogP contribution in [0.2, 0.25) is 0 Å². The summed E-state index contributed by atoms with van der Waals surface area (Å²) in [6.45, 7) is 0. The second kappa shape index (κ2) is 2.64. The molecule has 1 N–H and O–H groups in total. The van der Waals surface area contributed by atoms with Crippen LogP contribution in [-0.2, 0) is 0 Å². The maximum absolute atomic E-state index is 4.56. The molecule has 0 fully saturated rings. The molecule has 3 heteroatoms. The largest absolute Gasteiger partial charge is 0.323 e. The summed E-state index contributed by atoms with van der Waals surface area (Å²) < 4.78 is 2.16. The number of imidazole rings is 2. The Morgan fingerprint density at radius 1 is 0.938 bits per heavy atom. The predicted molar refractivity (Wildman–Crippen MR) is 66.7 cm³/mol. The van der Waals surface area contributed by atoms with Crippen molar-refractivity contribution in [3.05, 3.63) is 48.5 Å². The molecular formula is C13H11N3. The number of benzene rings is 2. The molecule has 0 aliphatic rings. The van der Waals surface area contributed by atoms with Gasteiger partial charge in [-0.05, 0) is 24.3 Å². The van der Waals surface area contributed by atoms with Gasteiger partial charge in [0.15, 0.2) is 0 Å². The SMILES string of the molecule is [HH].c1ccc2c(c1)nc1[nH]c3ccccc3n12. The number of H-pyrrole nitrogens is 1. The Morgan fingerprint density at radius 2 is 1.69 bits per heavy atom. The molecule has 4 rings (SSSR count). The zero-order valence-electron chi connectivity index (χ0n) is 8.51. The zero-order chi connectivity index (χ0) is 10.5. The van der Waals surface area contributed by atoms with Crippen LogP contribution in [0.4, 0.5) is 0 Å². The Balaban J connectivity index is 0.000000902. The number of nitrogens with one attached hydrogen (secondary N) is 1. The van der Waals surface area contributed by atoms with Crippen LogP contribution in [0.15, 0.2) is 48.5 Å². The van der Waals surface area contributed by atoms with Crippen LogP contribution in [0, 0.1) is 0 Å². The summed E-state index contributed by atoms with van der Waals surface area (Å²) in [6, 6.07) is 16.4. The van der Waals surface area contributed by atoms with Crippen LogP contribution < -0.4 is 0 Å². The van der Waals surface area contributed by atoms with Crippen molar-refractivity contribution in [1.82, 2.24) is 14.4 Å². The average Bonchev–Trinajstić information content (AvgIpc) is 2.83. The maximum Gasteiger partial charge on any atom is 0.213 e. The molecule has 2 aromatic carbocycles. The van der Waals surface area contributed by atoms with Gasteiger partial charge in [0.25, 0.3) is 0 Å². The van der Waals surface area contributed by atoms with E-state index in [4.69, 9.17) is 0 Å². The van der Waals surface area contributed by atoms with E-state index >= 15 is 0 Å². The number of aromatic amines is 1. The van der Waals surface area contributed by atoms with Crippen molar-refractivity contribution in [2.24, 2.45) is 0 Å². The molecule has 2 heterocycles. The summed E-state index contributed by atoms with van der Waals surface area (Å²) in [6.07, 6.45) is 0. The molecule has 78 valence electrons. The van der Waals surface area contributed by atoms with Crippen molar-refractivity contribution in [2.75, 3.05) is 0 Å². The van der Waals surface area contributed by atoms with Gasteiger partial charge in [0.1, 0.15) is 0 Å². The Kier molecular flexibility index (Phi) is 1.31. The summed E-state index contributed by atoms with van der Waals surface area (Å²) in [5.41, 5.74) is 4.47. The molecule has 0 bridgehead atoms. The van der Waals surface area contributed by atoms with Crippen LogP contribution in [0.1, 0.15) is 1.43 Å². The van der Waals surface area contributed by atoms with E-state index < -0.39 is 0 Å². The van der Waals surface area contributed by atoms with Gasteiger partial charge >= 0.3 is 0 Å². The van der Waals surface area contributed by atoms with Crippen LogP contribution >= 0.6 is 0 Å². The zero-order valence-corrected chi connectivity index (χ0v) is 8.51. The highest BCUT2D eigenvalue weighted by Crippen LogP contribution is 2.22. The van der Waals surface area contributed by atoms with Gasteiger partial charge in [-0.2, -0.15) is 0 Å². The molecule has 16 heavy (non-hydrogen) atoms. The standard InChI is InChI=1S/C13H9N3.H2/c1-3-7-11-9(5-1)14-13-15-10-6-2-4-8-12(10)16(11)13;/h1-8H,(H,14,15);1H. The van der Waals surface area contributed by atoms with Crippen LogP contribution in [0.5, 0.6) is 0 Å². The van der Waals surface area contributed by atoms with Crippen LogP contribution in [0.3, 0.4) is 0 Å². The van der Waals surface area contributed by atoms with Gasteiger partial charge in [-0.1, -0.05) is 24.3 Å². The van der Waals surface area contributed by atoms with Crippen LogP contribution in [0.25, 0.3) is 27.8 Å². The number of nitrogens with zero attached hydrogens (tertiary/aromatic N) is 2. The number of rotatable bonds is 0. The number of aromatic nitrogens is 3. The molecule has 2 aromatic heterocycles. The van der Waals surface area contributed by atoms with E-state index in [-0.39, 0.29) is 1.43 Å². The first-order valence-electron chi connectivity index (χ1n) is 5.27. The van der Waals surface area contributed by atoms with Crippen molar-refractivity contribution in [1.29, 1.82) is 0 Å². The smallest absolute Gasteiger partial charge is 0.213 e. The van der Waals surface area contributed by atoms with Crippen molar-refractivity contribution in [2.45, 2.75) is 0 Å². The fourth-order valence-corrected chi connectivity index (χ4v) is 2.25. The summed E-state index contributed by atoms with van der Waals surface area (Å²) >= 11 is 0. The topological polar surface area (TPSA) is 33.1 Å². The van der Waals surface area contributed by atoms with Gasteiger partial charge in [0.05, 0.1) is 22.1 Å².